The summed E-state index contributed by atoms with van der Waals surface area (Å²) in [5.74, 6) is -0.540. The van der Waals surface area contributed by atoms with E-state index < -0.39 is 12.4 Å². The molecule has 1 heterocycles. The lowest BCUT2D eigenvalue weighted by atomic mass is 10.2. The largest absolute Gasteiger partial charge is 0.461 e. The summed E-state index contributed by atoms with van der Waals surface area (Å²) < 4.78 is 15.3. The van der Waals surface area contributed by atoms with E-state index >= 15 is 0 Å². The fourth-order valence-electron chi connectivity index (χ4n) is 1.76. The Kier molecular flexibility index (Phi) is 7.34. The average molecular weight is 337 g/mol. The number of pyridine rings is 1. The maximum absolute atomic E-state index is 12.0. The standard InChI is InChI=1S/C13H18Cl2N2O4/c1-8-7-9(14)16-11(15)10(8)12(18)21-6-5-17(2)13(19-3)20-4/h7,13H,5-6H2,1-4H3. The first kappa shape index (κ1) is 18.1. The molecule has 0 radical (unpaired) electrons. The van der Waals surface area contributed by atoms with Crippen molar-refractivity contribution in [2.24, 2.45) is 0 Å². The molecule has 118 valence electrons. The minimum Gasteiger partial charge on any atom is -0.461 e. The van der Waals surface area contributed by atoms with Crippen molar-refractivity contribution in [1.82, 2.24) is 9.88 Å². The van der Waals surface area contributed by atoms with E-state index in [0.717, 1.165) is 0 Å². The lowest BCUT2D eigenvalue weighted by molar-refractivity contribution is -0.189. The fraction of sp³-hybridized carbons (Fsp3) is 0.538. The molecule has 0 spiro atoms. The molecule has 21 heavy (non-hydrogen) atoms. The molecule has 6 nitrogen and oxygen atoms in total. The smallest absolute Gasteiger partial charge is 0.341 e. The first-order chi connectivity index (χ1) is 9.90. The van der Waals surface area contributed by atoms with Crippen molar-refractivity contribution in [3.05, 3.63) is 27.5 Å². The molecule has 0 unspecified atom stereocenters. The number of likely N-dealkylation sites (N-methyl/N-ethyl adjacent to an activating group) is 1. The lowest BCUT2D eigenvalue weighted by Gasteiger charge is -2.24. The highest BCUT2D eigenvalue weighted by Gasteiger charge is 2.18. The number of nitrogens with zero attached hydrogens (tertiary/aromatic N) is 2. The number of methoxy groups -OCH3 is 2. The van der Waals surface area contributed by atoms with Crippen LogP contribution in [0.2, 0.25) is 10.3 Å². The summed E-state index contributed by atoms with van der Waals surface area (Å²) in [7, 11) is 4.84. The molecule has 0 aliphatic carbocycles. The molecule has 8 heteroatoms. The van der Waals surface area contributed by atoms with E-state index in [1.54, 1.807) is 24.9 Å². The van der Waals surface area contributed by atoms with Crippen LogP contribution in [0.25, 0.3) is 0 Å². The third-order valence-corrected chi connectivity index (χ3v) is 3.25. The summed E-state index contributed by atoms with van der Waals surface area (Å²) in [6.45, 7) is 2.32. The minimum atomic E-state index is -0.540. The maximum Gasteiger partial charge on any atom is 0.341 e. The highest BCUT2D eigenvalue weighted by Crippen LogP contribution is 2.22. The van der Waals surface area contributed by atoms with Crippen LogP contribution in [0, 0.1) is 6.92 Å². The fourth-order valence-corrected chi connectivity index (χ4v) is 2.37. The number of hydrogen-bond donors (Lipinski definition) is 0. The summed E-state index contributed by atoms with van der Waals surface area (Å²) in [6, 6.07) is 1.56. The van der Waals surface area contributed by atoms with Crippen LogP contribution in [-0.4, -0.2) is 56.7 Å². The van der Waals surface area contributed by atoms with Crippen LogP contribution >= 0.6 is 23.2 Å². The molecule has 0 saturated carbocycles. The quantitative estimate of drug-likeness (QED) is 0.432. The Morgan fingerprint density at radius 3 is 2.52 bits per heavy atom. The minimum absolute atomic E-state index is 0.0324. The highest BCUT2D eigenvalue weighted by molar-refractivity contribution is 6.34. The predicted molar refractivity (Wildman–Crippen MR) is 79.7 cm³/mol. The molecule has 0 aromatic carbocycles. The van der Waals surface area contributed by atoms with Gasteiger partial charge in [0.05, 0.1) is 5.56 Å². The molecule has 0 fully saturated rings. The van der Waals surface area contributed by atoms with Crippen molar-refractivity contribution in [3.8, 4) is 0 Å². The van der Waals surface area contributed by atoms with Gasteiger partial charge < -0.3 is 14.2 Å². The monoisotopic (exact) mass is 336 g/mol. The van der Waals surface area contributed by atoms with Gasteiger partial charge >= 0.3 is 5.97 Å². The average Bonchev–Trinajstić information content (AvgIpc) is 2.38. The van der Waals surface area contributed by atoms with Crippen molar-refractivity contribution in [2.75, 3.05) is 34.4 Å². The molecule has 1 aromatic rings. The third kappa shape index (κ3) is 5.09. The van der Waals surface area contributed by atoms with Crippen molar-refractivity contribution < 1.29 is 19.0 Å². The summed E-state index contributed by atoms with van der Waals surface area (Å²) in [4.78, 5) is 17.6. The second-order valence-electron chi connectivity index (χ2n) is 4.32. The van der Waals surface area contributed by atoms with Crippen LogP contribution < -0.4 is 0 Å². The van der Waals surface area contributed by atoms with Gasteiger partial charge in [-0.25, -0.2) is 9.78 Å². The number of aromatic nitrogens is 1. The number of carbonyl (C=O) groups is 1. The zero-order valence-electron chi connectivity index (χ0n) is 12.4. The number of rotatable bonds is 7. The van der Waals surface area contributed by atoms with Gasteiger partial charge in [0.25, 0.3) is 0 Å². The Labute approximate surface area is 133 Å². The van der Waals surface area contributed by atoms with Crippen LogP contribution in [0.5, 0.6) is 0 Å². The highest BCUT2D eigenvalue weighted by atomic mass is 35.5. The molecule has 0 amide bonds. The molecule has 1 rings (SSSR count). The van der Waals surface area contributed by atoms with Crippen LogP contribution in [0.15, 0.2) is 6.07 Å². The molecule has 0 aliphatic rings. The molecular weight excluding hydrogens is 319 g/mol. The number of carbonyl (C=O) groups excluding carboxylic acids is 1. The Morgan fingerprint density at radius 1 is 1.38 bits per heavy atom. The van der Waals surface area contributed by atoms with Gasteiger partial charge in [-0.05, 0) is 25.6 Å². The molecular formula is C13H18Cl2N2O4. The molecule has 1 aromatic heterocycles. The van der Waals surface area contributed by atoms with Gasteiger partial charge in [0.15, 0.2) is 0 Å². The lowest BCUT2D eigenvalue weighted by Crippen LogP contribution is -2.37. The van der Waals surface area contributed by atoms with Crippen LogP contribution in [0.1, 0.15) is 15.9 Å². The van der Waals surface area contributed by atoms with Crippen molar-refractivity contribution in [2.45, 2.75) is 13.3 Å². The van der Waals surface area contributed by atoms with E-state index in [9.17, 15) is 4.79 Å². The van der Waals surface area contributed by atoms with Gasteiger partial charge in [0.1, 0.15) is 16.9 Å². The molecule has 0 N–H and O–H groups in total. The number of aryl methyl sites for hydroxylation is 1. The van der Waals surface area contributed by atoms with Crippen LogP contribution in [0.4, 0.5) is 0 Å². The first-order valence-electron chi connectivity index (χ1n) is 6.16. The predicted octanol–water partition coefficient (Wildman–Crippen LogP) is 2.36. The van der Waals surface area contributed by atoms with Crippen LogP contribution in [0.3, 0.4) is 0 Å². The molecule has 0 bridgehead atoms. The van der Waals surface area contributed by atoms with E-state index in [2.05, 4.69) is 4.98 Å². The van der Waals surface area contributed by atoms with Gasteiger partial charge in [0, 0.05) is 20.8 Å². The summed E-state index contributed by atoms with van der Waals surface area (Å²) in [5, 5.41) is 0.266. The SMILES string of the molecule is COC(OC)N(C)CCOC(=O)c1c(C)cc(Cl)nc1Cl. The Hall–Kier alpha value is -0.920. The van der Waals surface area contributed by atoms with E-state index in [1.807, 2.05) is 0 Å². The summed E-state index contributed by atoms with van der Waals surface area (Å²) in [6.07, 6.45) is -0.494. The van der Waals surface area contributed by atoms with Gasteiger partial charge in [-0.1, -0.05) is 23.2 Å². The molecule has 0 saturated heterocycles. The van der Waals surface area contributed by atoms with Crippen molar-refractivity contribution in [3.63, 3.8) is 0 Å². The van der Waals surface area contributed by atoms with Crippen molar-refractivity contribution >= 4 is 29.2 Å². The Balaban J connectivity index is 2.59. The second kappa shape index (κ2) is 8.51. The zero-order chi connectivity index (χ0) is 16.0. The van der Waals surface area contributed by atoms with Crippen LogP contribution in [-0.2, 0) is 14.2 Å². The second-order valence-corrected chi connectivity index (χ2v) is 5.07. The molecule has 0 aliphatic heterocycles. The van der Waals surface area contributed by atoms with Gasteiger partial charge in [-0.2, -0.15) is 0 Å². The number of hydrogen-bond acceptors (Lipinski definition) is 6. The first-order valence-corrected chi connectivity index (χ1v) is 6.91. The Bertz CT molecular complexity index is 472. The summed E-state index contributed by atoms with van der Waals surface area (Å²) >= 11 is 11.7. The van der Waals surface area contributed by atoms with Gasteiger partial charge in [-0.3, -0.25) is 4.90 Å². The third-order valence-electron chi connectivity index (χ3n) is 2.79. The van der Waals surface area contributed by atoms with E-state index in [1.165, 1.54) is 14.2 Å². The molecule has 0 atom stereocenters. The normalized spacial score (nSPS) is 11.2. The van der Waals surface area contributed by atoms with E-state index in [4.69, 9.17) is 37.4 Å². The number of ether oxygens (including phenoxy) is 3. The maximum atomic E-state index is 12.0. The summed E-state index contributed by atoms with van der Waals surface area (Å²) in [5.41, 5.74) is 0.837. The zero-order valence-corrected chi connectivity index (χ0v) is 13.9. The van der Waals surface area contributed by atoms with Crippen molar-refractivity contribution in [1.29, 1.82) is 0 Å². The van der Waals surface area contributed by atoms with E-state index in [0.29, 0.717) is 12.1 Å². The van der Waals surface area contributed by atoms with Gasteiger partial charge in [0.2, 0.25) is 6.41 Å². The van der Waals surface area contributed by atoms with E-state index in [-0.39, 0.29) is 22.5 Å². The Morgan fingerprint density at radius 2 is 2.00 bits per heavy atom. The van der Waals surface area contributed by atoms with Gasteiger partial charge in [-0.15, -0.1) is 0 Å². The topological polar surface area (TPSA) is 60.9 Å². The number of esters is 1. The number of halogens is 2.